The van der Waals surface area contributed by atoms with E-state index in [4.69, 9.17) is 14.1 Å². The number of amides is 1. The molecular weight excluding hydrogens is 344 g/mol. The molecule has 1 unspecified atom stereocenters. The zero-order chi connectivity index (χ0) is 19.5. The van der Waals surface area contributed by atoms with Crippen LogP contribution in [0.5, 0.6) is 0 Å². The van der Waals surface area contributed by atoms with Crippen LogP contribution in [0.1, 0.15) is 45.3 Å². The maximum Gasteiger partial charge on any atom is 0.224 e. The van der Waals surface area contributed by atoms with E-state index in [1.165, 1.54) is 0 Å². The highest BCUT2D eigenvalue weighted by Gasteiger charge is 2.23. The lowest BCUT2D eigenvalue weighted by Gasteiger charge is -2.33. The Bertz CT molecular complexity index is 566. The summed E-state index contributed by atoms with van der Waals surface area (Å²) in [7, 11) is 1.63. The van der Waals surface area contributed by atoms with Gasteiger partial charge in [0.25, 0.3) is 0 Å². The number of hydrogen-bond donors (Lipinski definition) is 2. The normalized spacial score (nSPS) is 17.0. The van der Waals surface area contributed by atoms with Crippen molar-refractivity contribution in [2.75, 3.05) is 33.4 Å². The minimum Gasteiger partial charge on any atom is -0.469 e. The van der Waals surface area contributed by atoms with E-state index in [9.17, 15) is 4.79 Å². The van der Waals surface area contributed by atoms with Crippen molar-refractivity contribution >= 4 is 11.9 Å². The lowest BCUT2D eigenvalue weighted by Crippen LogP contribution is -2.51. The quantitative estimate of drug-likeness (QED) is 0.509. The number of furan rings is 1. The predicted molar refractivity (Wildman–Crippen MR) is 107 cm³/mol. The molecule has 27 heavy (non-hydrogen) atoms. The molecule has 1 aromatic rings. The summed E-state index contributed by atoms with van der Waals surface area (Å²) in [5, 5.41) is 7.02. The summed E-state index contributed by atoms with van der Waals surface area (Å²) in [5.74, 6) is 1.98. The molecule has 0 radical (unpaired) electrons. The molecule has 1 fully saturated rings. The Labute approximate surface area is 162 Å². The molecule has 2 rings (SSSR count). The molecule has 0 aromatic carbocycles. The molecule has 0 saturated carbocycles. The summed E-state index contributed by atoms with van der Waals surface area (Å²) in [4.78, 5) is 18.8. The second-order valence-corrected chi connectivity index (χ2v) is 7.06. The summed E-state index contributed by atoms with van der Waals surface area (Å²) >= 11 is 0. The van der Waals surface area contributed by atoms with Crippen LogP contribution in [0.2, 0.25) is 0 Å². The molecule has 2 N–H and O–H groups in total. The second-order valence-electron chi connectivity index (χ2n) is 7.06. The third-order valence-electron chi connectivity index (χ3n) is 4.91. The number of nitrogens with zero attached hydrogens (tertiary/aromatic N) is 2. The zero-order valence-electron chi connectivity index (χ0n) is 16.9. The van der Waals surface area contributed by atoms with Gasteiger partial charge in [0, 0.05) is 45.2 Å². The highest BCUT2D eigenvalue weighted by Crippen LogP contribution is 2.12. The molecule has 0 bridgehead atoms. The van der Waals surface area contributed by atoms with Crippen LogP contribution in [0, 0.1) is 0 Å². The van der Waals surface area contributed by atoms with E-state index in [0.29, 0.717) is 31.7 Å². The van der Waals surface area contributed by atoms with Gasteiger partial charge in [-0.1, -0.05) is 6.92 Å². The molecule has 1 atom stereocenters. The Balaban J connectivity index is 1.82. The minimum atomic E-state index is 0.181. The predicted octanol–water partition coefficient (Wildman–Crippen LogP) is 2.18. The number of methoxy groups -OCH3 is 1. The largest absolute Gasteiger partial charge is 0.469 e. The summed E-state index contributed by atoms with van der Waals surface area (Å²) in [6.45, 7) is 7.03. The fraction of sp³-hybridized carbons (Fsp3) is 0.700. The van der Waals surface area contributed by atoms with Crippen molar-refractivity contribution in [3.8, 4) is 0 Å². The Morgan fingerprint density at radius 1 is 1.44 bits per heavy atom. The van der Waals surface area contributed by atoms with Crippen molar-refractivity contribution in [1.29, 1.82) is 0 Å². The van der Waals surface area contributed by atoms with Gasteiger partial charge in [-0.2, -0.15) is 0 Å². The highest BCUT2D eigenvalue weighted by molar-refractivity contribution is 5.80. The smallest absolute Gasteiger partial charge is 0.224 e. The van der Waals surface area contributed by atoms with Gasteiger partial charge in [0.05, 0.1) is 19.3 Å². The van der Waals surface area contributed by atoms with Gasteiger partial charge in [-0.3, -0.25) is 9.79 Å². The maximum atomic E-state index is 12.1. The molecule has 2 heterocycles. The van der Waals surface area contributed by atoms with Gasteiger partial charge in [-0.25, -0.2) is 0 Å². The first-order valence-electron chi connectivity index (χ1n) is 9.99. The zero-order valence-corrected chi connectivity index (χ0v) is 16.9. The number of nitrogens with one attached hydrogen (secondary N) is 2. The van der Waals surface area contributed by atoms with Gasteiger partial charge in [-0.05, 0) is 38.3 Å². The molecule has 1 saturated heterocycles. The van der Waals surface area contributed by atoms with Gasteiger partial charge in [-0.15, -0.1) is 0 Å². The average Bonchev–Trinajstić information content (AvgIpc) is 3.20. The standard InChI is InChI=1S/C20H34N4O3/c1-4-16(2)22-20(21-11-7-18-6-5-14-27-18)23-17-8-12-24(13-9-17)19(25)10-15-26-3/h5-6,14,16-17H,4,7-13,15H2,1-3H3,(H2,21,22,23). The third kappa shape index (κ3) is 7.62. The van der Waals surface area contributed by atoms with E-state index in [0.717, 1.165) is 50.5 Å². The SMILES string of the molecule is CCC(C)NC(=NCCc1ccco1)NC1CCN(C(=O)CCOC)CC1. The number of rotatable bonds is 9. The number of ether oxygens (including phenoxy) is 1. The molecule has 1 amide bonds. The lowest BCUT2D eigenvalue weighted by atomic mass is 10.0. The number of carbonyl (C=O) groups excluding carboxylic acids is 1. The fourth-order valence-corrected chi connectivity index (χ4v) is 3.02. The Kier molecular flexibility index (Phi) is 9.18. The monoisotopic (exact) mass is 378 g/mol. The first kappa shape index (κ1) is 21.3. The summed E-state index contributed by atoms with van der Waals surface area (Å²) in [6.07, 6.45) is 5.83. The van der Waals surface area contributed by atoms with Crippen LogP contribution >= 0.6 is 0 Å². The van der Waals surface area contributed by atoms with Gasteiger partial charge in [0.15, 0.2) is 5.96 Å². The molecule has 7 heteroatoms. The van der Waals surface area contributed by atoms with Crippen LogP contribution in [0.15, 0.2) is 27.8 Å². The number of piperidine rings is 1. The molecule has 0 aliphatic carbocycles. The first-order chi connectivity index (χ1) is 13.1. The van der Waals surface area contributed by atoms with Gasteiger partial charge >= 0.3 is 0 Å². The van der Waals surface area contributed by atoms with E-state index >= 15 is 0 Å². The van der Waals surface area contributed by atoms with Crippen LogP contribution in [0.3, 0.4) is 0 Å². The van der Waals surface area contributed by atoms with Crippen LogP contribution in [-0.2, 0) is 16.0 Å². The number of carbonyl (C=O) groups is 1. The molecule has 0 spiro atoms. The third-order valence-corrected chi connectivity index (χ3v) is 4.91. The van der Waals surface area contributed by atoms with Crippen molar-refractivity contribution in [3.63, 3.8) is 0 Å². The van der Waals surface area contributed by atoms with Crippen molar-refractivity contribution in [2.45, 2.75) is 58.0 Å². The van der Waals surface area contributed by atoms with E-state index in [1.807, 2.05) is 17.0 Å². The van der Waals surface area contributed by atoms with Crippen LogP contribution in [-0.4, -0.2) is 62.2 Å². The van der Waals surface area contributed by atoms with Crippen molar-refractivity contribution in [3.05, 3.63) is 24.2 Å². The number of likely N-dealkylation sites (tertiary alicyclic amines) is 1. The topological polar surface area (TPSA) is 79.1 Å². The van der Waals surface area contributed by atoms with E-state index in [2.05, 4.69) is 24.5 Å². The van der Waals surface area contributed by atoms with Crippen LogP contribution in [0.25, 0.3) is 0 Å². The number of guanidine groups is 1. The van der Waals surface area contributed by atoms with E-state index in [-0.39, 0.29) is 5.91 Å². The molecule has 1 aromatic heterocycles. The molecule has 1 aliphatic rings. The van der Waals surface area contributed by atoms with Crippen molar-refractivity contribution in [2.24, 2.45) is 4.99 Å². The average molecular weight is 379 g/mol. The first-order valence-corrected chi connectivity index (χ1v) is 9.99. The van der Waals surface area contributed by atoms with Gasteiger partial charge in [0.2, 0.25) is 5.91 Å². The number of hydrogen-bond acceptors (Lipinski definition) is 4. The Morgan fingerprint density at radius 2 is 2.22 bits per heavy atom. The minimum absolute atomic E-state index is 0.181. The lowest BCUT2D eigenvalue weighted by molar-refractivity contribution is -0.133. The van der Waals surface area contributed by atoms with Crippen molar-refractivity contribution < 1.29 is 13.9 Å². The van der Waals surface area contributed by atoms with Gasteiger partial charge in [0.1, 0.15) is 5.76 Å². The van der Waals surface area contributed by atoms with E-state index in [1.54, 1.807) is 13.4 Å². The Hall–Kier alpha value is -2.02. The molecule has 7 nitrogen and oxygen atoms in total. The summed E-state index contributed by atoms with van der Waals surface area (Å²) in [6, 6.07) is 4.56. The summed E-state index contributed by atoms with van der Waals surface area (Å²) < 4.78 is 10.4. The maximum absolute atomic E-state index is 12.1. The fourth-order valence-electron chi connectivity index (χ4n) is 3.02. The highest BCUT2D eigenvalue weighted by atomic mass is 16.5. The van der Waals surface area contributed by atoms with Gasteiger partial charge < -0.3 is 24.7 Å². The molecule has 1 aliphatic heterocycles. The van der Waals surface area contributed by atoms with Crippen LogP contribution in [0.4, 0.5) is 0 Å². The number of aliphatic imine (C=N–C) groups is 1. The molecular formula is C20H34N4O3. The summed E-state index contributed by atoms with van der Waals surface area (Å²) in [5.41, 5.74) is 0. The van der Waals surface area contributed by atoms with Crippen LogP contribution < -0.4 is 10.6 Å². The van der Waals surface area contributed by atoms with E-state index < -0.39 is 0 Å². The molecule has 152 valence electrons. The second kappa shape index (κ2) is 11.6. The van der Waals surface area contributed by atoms with Crippen molar-refractivity contribution in [1.82, 2.24) is 15.5 Å². The Morgan fingerprint density at radius 3 is 2.85 bits per heavy atom.